The average molecular weight is 508 g/mol. The van der Waals surface area contributed by atoms with Crippen LogP contribution in [0.3, 0.4) is 0 Å². The lowest BCUT2D eigenvalue weighted by Gasteiger charge is -2.19. The fourth-order valence-electron chi connectivity index (χ4n) is 3.94. The van der Waals surface area contributed by atoms with E-state index in [9.17, 15) is 23.1 Å². The van der Waals surface area contributed by atoms with Crippen LogP contribution < -0.4 is 4.74 Å². The standard InChI is InChI=1S/C29H24F3NO4/c1-3-24-27(19-8-6-9-20(16-19)29(30,31)32)28(23-13-12-21(34)17-25(23)33-24)37-22-10-5-7-18(15-22)11-14-26(35)36-4-2/h5-17,34H,3-4H2,1-2H3/b14-11+. The number of halogens is 3. The van der Waals surface area contributed by atoms with Crippen LogP contribution in [0.15, 0.2) is 72.8 Å². The number of phenols is 1. The van der Waals surface area contributed by atoms with Crippen molar-refractivity contribution in [3.05, 3.63) is 89.6 Å². The van der Waals surface area contributed by atoms with Crippen molar-refractivity contribution < 1.29 is 32.5 Å². The maximum absolute atomic E-state index is 13.5. The Morgan fingerprint density at radius 1 is 1.03 bits per heavy atom. The third-order valence-corrected chi connectivity index (χ3v) is 5.59. The summed E-state index contributed by atoms with van der Waals surface area (Å²) in [6.07, 6.45) is -1.22. The van der Waals surface area contributed by atoms with E-state index in [0.29, 0.717) is 51.2 Å². The number of alkyl halides is 3. The average Bonchev–Trinajstić information content (AvgIpc) is 2.87. The second kappa shape index (κ2) is 10.7. The molecule has 0 aliphatic carbocycles. The maximum Gasteiger partial charge on any atom is 0.416 e. The molecule has 1 N–H and O–H groups in total. The summed E-state index contributed by atoms with van der Waals surface area (Å²) in [7, 11) is 0. The number of esters is 1. The highest BCUT2D eigenvalue weighted by Crippen LogP contribution is 2.43. The number of benzene rings is 3. The summed E-state index contributed by atoms with van der Waals surface area (Å²) in [5.41, 5.74) is 1.58. The van der Waals surface area contributed by atoms with Gasteiger partial charge in [0.2, 0.25) is 0 Å². The van der Waals surface area contributed by atoms with Crippen LogP contribution in [0.2, 0.25) is 0 Å². The van der Waals surface area contributed by atoms with Crippen LogP contribution in [-0.4, -0.2) is 22.7 Å². The highest BCUT2D eigenvalue weighted by atomic mass is 19.4. The van der Waals surface area contributed by atoms with Crippen molar-refractivity contribution in [3.63, 3.8) is 0 Å². The second-order valence-corrected chi connectivity index (χ2v) is 8.16. The van der Waals surface area contributed by atoms with E-state index in [2.05, 4.69) is 4.98 Å². The van der Waals surface area contributed by atoms with Gasteiger partial charge in [0.25, 0.3) is 0 Å². The minimum atomic E-state index is -4.51. The van der Waals surface area contributed by atoms with Gasteiger partial charge in [-0.15, -0.1) is 0 Å². The third kappa shape index (κ3) is 5.91. The minimum absolute atomic E-state index is 0.00548. The molecule has 0 bridgehead atoms. The number of phenolic OH excluding ortho intramolecular Hbond substituents is 1. The highest BCUT2D eigenvalue weighted by molar-refractivity contribution is 5.94. The monoisotopic (exact) mass is 507 g/mol. The van der Waals surface area contributed by atoms with Gasteiger partial charge in [0.05, 0.1) is 23.4 Å². The first-order valence-corrected chi connectivity index (χ1v) is 11.7. The lowest BCUT2D eigenvalue weighted by molar-refractivity contribution is -0.138. The van der Waals surface area contributed by atoms with E-state index in [4.69, 9.17) is 9.47 Å². The first-order valence-electron chi connectivity index (χ1n) is 11.7. The Bertz CT molecular complexity index is 1480. The number of aryl methyl sites for hydroxylation is 1. The van der Waals surface area contributed by atoms with E-state index in [0.717, 1.165) is 12.1 Å². The Morgan fingerprint density at radius 2 is 1.81 bits per heavy atom. The van der Waals surface area contributed by atoms with E-state index in [1.807, 2.05) is 6.92 Å². The molecule has 3 aromatic carbocycles. The lowest BCUT2D eigenvalue weighted by Crippen LogP contribution is -2.05. The quantitative estimate of drug-likeness (QED) is 0.207. The molecule has 190 valence electrons. The van der Waals surface area contributed by atoms with Gasteiger partial charge in [-0.3, -0.25) is 4.98 Å². The Labute approximate surface area is 211 Å². The summed E-state index contributed by atoms with van der Waals surface area (Å²) in [5, 5.41) is 10.5. The molecule has 37 heavy (non-hydrogen) atoms. The molecule has 0 saturated heterocycles. The molecule has 1 aromatic heterocycles. The van der Waals surface area contributed by atoms with Gasteiger partial charge in [0.1, 0.15) is 17.2 Å². The van der Waals surface area contributed by atoms with E-state index in [-0.39, 0.29) is 12.4 Å². The Morgan fingerprint density at radius 3 is 2.54 bits per heavy atom. The summed E-state index contributed by atoms with van der Waals surface area (Å²) < 4.78 is 51.8. The smallest absolute Gasteiger partial charge is 0.416 e. The zero-order valence-corrected chi connectivity index (χ0v) is 20.2. The molecule has 4 rings (SSSR count). The summed E-state index contributed by atoms with van der Waals surface area (Å²) >= 11 is 0. The van der Waals surface area contributed by atoms with E-state index >= 15 is 0 Å². The number of pyridine rings is 1. The van der Waals surface area contributed by atoms with Crippen LogP contribution in [0.5, 0.6) is 17.2 Å². The number of aromatic nitrogens is 1. The van der Waals surface area contributed by atoms with Crippen molar-refractivity contribution in [1.82, 2.24) is 4.98 Å². The van der Waals surface area contributed by atoms with Gasteiger partial charge >= 0.3 is 12.1 Å². The molecule has 0 saturated carbocycles. The molecule has 0 aliphatic rings. The number of nitrogens with zero attached hydrogens (tertiary/aromatic N) is 1. The van der Waals surface area contributed by atoms with Gasteiger partial charge in [-0.25, -0.2) is 4.79 Å². The normalized spacial score (nSPS) is 11.7. The largest absolute Gasteiger partial charge is 0.508 e. The van der Waals surface area contributed by atoms with Gasteiger partial charge in [-0.05, 0) is 66.9 Å². The zero-order chi connectivity index (χ0) is 26.6. The maximum atomic E-state index is 13.5. The number of fused-ring (bicyclic) bond motifs is 1. The molecule has 1 heterocycles. The highest BCUT2D eigenvalue weighted by Gasteiger charge is 2.31. The number of hydrogen-bond acceptors (Lipinski definition) is 5. The number of carbonyl (C=O) groups excluding carboxylic acids is 1. The van der Waals surface area contributed by atoms with Crippen molar-refractivity contribution in [2.24, 2.45) is 0 Å². The van der Waals surface area contributed by atoms with Crippen molar-refractivity contribution in [2.45, 2.75) is 26.4 Å². The Kier molecular flexibility index (Phi) is 7.47. The first-order chi connectivity index (χ1) is 17.7. The van der Waals surface area contributed by atoms with E-state index in [1.165, 1.54) is 24.3 Å². The fraction of sp³-hybridized carbons (Fsp3) is 0.172. The summed E-state index contributed by atoms with van der Waals surface area (Å²) in [6.45, 7) is 3.82. The van der Waals surface area contributed by atoms with Crippen LogP contribution >= 0.6 is 0 Å². The van der Waals surface area contributed by atoms with E-state index in [1.54, 1.807) is 49.4 Å². The van der Waals surface area contributed by atoms with Gasteiger partial charge in [-0.1, -0.05) is 31.2 Å². The van der Waals surface area contributed by atoms with Gasteiger partial charge in [0, 0.05) is 23.1 Å². The number of carbonyl (C=O) groups is 1. The summed E-state index contributed by atoms with van der Waals surface area (Å²) in [5.74, 6) is 0.244. The molecule has 8 heteroatoms. The lowest BCUT2D eigenvalue weighted by atomic mass is 9.96. The molecule has 0 atom stereocenters. The molecule has 0 unspecified atom stereocenters. The van der Waals surface area contributed by atoms with Crippen molar-refractivity contribution >= 4 is 22.9 Å². The van der Waals surface area contributed by atoms with Crippen LogP contribution in [-0.2, 0) is 22.1 Å². The third-order valence-electron chi connectivity index (χ3n) is 5.59. The predicted molar refractivity (Wildman–Crippen MR) is 135 cm³/mol. The molecule has 4 aromatic rings. The molecule has 0 aliphatic heterocycles. The fourth-order valence-corrected chi connectivity index (χ4v) is 3.94. The van der Waals surface area contributed by atoms with Gasteiger partial charge in [0.15, 0.2) is 0 Å². The molecule has 0 amide bonds. The zero-order valence-electron chi connectivity index (χ0n) is 20.2. The SMILES string of the molecule is CCOC(=O)/C=C/c1cccc(Oc2c(-c3cccc(C(F)(F)F)c3)c(CC)nc3cc(O)ccc23)c1. The van der Waals surface area contributed by atoms with Crippen LogP contribution in [0.1, 0.15) is 30.7 Å². The van der Waals surface area contributed by atoms with Gasteiger partial charge in [-0.2, -0.15) is 13.2 Å². The molecule has 0 radical (unpaired) electrons. The number of hydrogen-bond donors (Lipinski definition) is 1. The number of aromatic hydroxyl groups is 1. The summed E-state index contributed by atoms with van der Waals surface area (Å²) in [6, 6.07) is 16.5. The van der Waals surface area contributed by atoms with Crippen LogP contribution in [0, 0.1) is 0 Å². The second-order valence-electron chi connectivity index (χ2n) is 8.16. The van der Waals surface area contributed by atoms with Crippen molar-refractivity contribution in [3.8, 4) is 28.4 Å². The molecule has 5 nitrogen and oxygen atoms in total. The number of ether oxygens (including phenoxy) is 2. The molecule has 0 spiro atoms. The predicted octanol–water partition coefficient (Wildman–Crippen LogP) is 7.56. The Hall–Kier alpha value is -4.33. The van der Waals surface area contributed by atoms with Gasteiger partial charge < -0.3 is 14.6 Å². The number of rotatable bonds is 7. The first kappa shape index (κ1) is 25.8. The topological polar surface area (TPSA) is 68.7 Å². The van der Waals surface area contributed by atoms with Crippen molar-refractivity contribution in [1.29, 1.82) is 0 Å². The molecular formula is C29H24F3NO4. The van der Waals surface area contributed by atoms with Crippen molar-refractivity contribution in [2.75, 3.05) is 6.61 Å². The van der Waals surface area contributed by atoms with Crippen LogP contribution in [0.25, 0.3) is 28.1 Å². The summed E-state index contributed by atoms with van der Waals surface area (Å²) in [4.78, 5) is 16.3. The molecular weight excluding hydrogens is 483 g/mol. The Balaban J connectivity index is 1.88. The minimum Gasteiger partial charge on any atom is -0.508 e. The molecule has 0 fully saturated rings. The van der Waals surface area contributed by atoms with Crippen LogP contribution in [0.4, 0.5) is 13.2 Å². The van der Waals surface area contributed by atoms with E-state index < -0.39 is 17.7 Å².